The SMILES string of the molecule is Cc1ccc(S(=O)(=O)NCc2ccco2)cc1C(=O)NCc1n[nH]c(=S)n1C1CC1. The number of hydrogen-bond acceptors (Lipinski definition) is 6. The number of benzene rings is 1. The quantitative estimate of drug-likeness (QED) is 0.456. The van der Waals surface area contributed by atoms with Crippen molar-refractivity contribution in [1.29, 1.82) is 0 Å². The third-order valence-electron chi connectivity index (χ3n) is 4.88. The number of carbonyl (C=O) groups excluding carboxylic acids is 1. The zero-order chi connectivity index (χ0) is 21.3. The maximum absolute atomic E-state index is 12.8. The zero-order valence-electron chi connectivity index (χ0n) is 16.2. The molecule has 11 heteroatoms. The van der Waals surface area contributed by atoms with Crippen LogP contribution in [0.25, 0.3) is 0 Å². The van der Waals surface area contributed by atoms with E-state index in [9.17, 15) is 13.2 Å². The Morgan fingerprint density at radius 1 is 1.33 bits per heavy atom. The van der Waals surface area contributed by atoms with Crippen LogP contribution < -0.4 is 10.0 Å². The number of nitrogens with zero attached hydrogens (tertiary/aromatic N) is 2. The molecule has 0 saturated heterocycles. The third kappa shape index (κ3) is 4.37. The number of aromatic nitrogens is 3. The van der Waals surface area contributed by atoms with Gasteiger partial charge in [-0.05, 0) is 61.8 Å². The molecule has 158 valence electrons. The number of furan rings is 1. The first-order valence-electron chi connectivity index (χ1n) is 9.42. The highest BCUT2D eigenvalue weighted by atomic mass is 32.2. The van der Waals surface area contributed by atoms with Gasteiger partial charge >= 0.3 is 0 Å². The molecule has 0 radical (unpaired) electrons. The summed E-state index contributed by atoms with van der Waals surface area (Å²) in [4.78, 5) is 12.8. The molecule has 0 atom stereocenters. The standard InChI is InChI=1S/C19H21N5O4S2/c1-12-4-7-15(30(26,27)21-10-14-3-2-8-28-14)9-16(12)18(25)20-11-17-22-23-19(29)24(17)13-5-6-13/h2-4,7-9,13,21H,5-6,10-11H2,1H3,(H,20,25)(H,23,29). The lowest BCUT2D eigenvalue weighted by Crippen LogP contribution is -2.27. The maximum Gasteiger partial charge on any atom is 0.251 e. The summed E-state index contributed by atoms with van der Waals surface area (Å²) in [6, 6.07) is 8.13. The van der Waals surface area contributed by atoms with Crippen LogP contribution in [-0.4, -0.2) is 29.1 Å². The van der Waals surface area contributed by atoms with Gasteiger partial charge in [0.15, 0.2) is 10.6 Å². The van der Waals surface area contributed by atoms with Crippen molar-refractivity contribution in [3.05, 3.63) is 64.1 Å². The Kier molecular flexibility index (Phi) is 5.58. The number of rotatable bonds is 8. The van der Waals surface area contributed by atoms with Gasteiger partial charge in [0.1, 0.15) is 5.76 Å². The Morgan fingerprint density at radius 2 is 2.13 bits per heavy atom. The number of amides is 1. The van der Waals surface area contributed by atoms with Crippen LogP contribution in [0.2, 0.25) is 0 Å². The topological polar surface area (TPSA) is 122 Å². The summed E-state index contributed by atoms with van der Waals surface area (Å²) in [7, 11) is -3.81. The van der Waals surface area contributed by atoms with Gasteiger partial charge in [-0.3, -0.25) is 14.5 Å². The lowest BCUT2D eigenvalue weighted by atomic mass is 10.1. The first kappa shape index (κ1) is 20.5. The van der Waals surface area contributed by atoms with E-state index in [2.05, 4.69) is 20.2 Å². The zero-order valence-corrected chi connectivity index (χ0v) is 17.8. The van der Waals surface area contributed by atoms with Crippen molar-refractivity contribution in [2.45, 2.75) is 43.8 Å². The third-order valence-corrected chi connectivity index (χ3v) is 6.56. The van der Waals surface area contributed by atoms with Gasteiger partial charge in [-0.25, -0.2) is 13.1 Å². The number of H-pyrrole nitrogens is 1. The summed E-state index contributed by atoms with van der Waals surface area (Å²) in [5.74, 6) is 0.761. The molecule has 2 aromatic heterocycles. The largest absolute Gasteiger partial charge is 0.468 e. The van der Waals surface area contributed by atoms with Crippen LogP contribution in [0, 0.1) is 11.7 Å². The molecule has 1 fully saturated rings. The molecule has 0 unspecified atom stereocenters. The molecule has 0 bridgehead atoms. The Bertz CT molecular complexity index is 1220. The molecule has 4 rings (SSSR count). The molecule has 0 spiro atoms. The minimum atomic E-state index is -3.81. The van der Waals surface area contributed by atoms with Gasteiger partial charge in [0.05, 0.1) is 24.2 Å². The second kappa shape index (κ2) is 8.17. The van der Waals surface area contributed by atoms with Crippen molar-refractivity contribution in [2.24, 2.45) is 0 Å². The summed E-state index contributed by atoms with van der Waals surface area (Å²) >= 11 is 5.25. The molecule has 9 nitrogen and oxygen atoms in total. The van der Waals surface area contributed by atoms with E-state index >= 15 is 0 Å². The average molecular weight is 448 g/mol. The van der Waals surface area contributed by atoms with Crippen LogP contribution in [0.5, 0.6) is 0 Å². The van der Waals surface area contributed by atoms with Crippen molar-refractivity contribution in [3.8, 4) is 0 Å². The van der Waals surface area contributed by atoms with Crippen molar-refractivity contribution < 1.29 is 17.6 Å². The van der Waals surface area contributed by atoms with Gasteiger partial charge in [-0.15, -0.1) is 0 Å². The number of carbonyl (C=O) groups is 1. The number of sulfonamides is 1. The fraction of sp³-hybridized carbons (Fsp3) is 0.316. The van der Waals surface area contributed by atoms with Gasteiger partial charge in [0.2, 0.25) is 10.0 Å². The van der Waals surface area contributed by atoms with E-state index in [1.807, 2.05) is 4.57 Å². The predicted octanol–water partition coefficient (Wildman–Crippen LogP) is 2.59. The van der Waals surface area contributed by atoms with Crippen LogP contribution in [0.4, 0.5) is 0 Å². The minimum Gasteiger partial charge on any atom is -0.468 e. The van der Waals surface area contributed by atoms with Gasteiger partial charge < -0.3 is 9.73 Å². The number of aryl methyl sites for hydroxylation is 1. The number of aromatic amines is 1. The monoisotopic (exact) mass is 447 g/mol. The molecule has 1 amide bonds. The van der Waals surface area contributed by atoms with Gasteiger partial charge in [-0.2, -0.15) is 5.10 Å². The van der Waals surface area contributed by atoms with Gasteiger partial charge in [0, 0.05) is 11.6 Å². The van der Waals surface area contributed by atoms with Crippen LogP contribution in [0.15, 0.2) is 45.9 Å². The van der Waals surface area contributed by atoms with Gasteiger partial charge in [0.25, 0.3) is 5.91 Å². The second-order valence-electron chi connectivity index (χ2n) is 7.11. The molecule has 3 aromatic rings. The molecule has 1 saturated carbocycles. The molecule has 0 aliphatic heterocycles. The highest BCUT2D eigenvalue weighted by Crippen LogP contribution is 2.35. The van der Waals surface area contributed by atoms with Crippen LogP contribution in [0.3, 0.4) is 0 Å². The van der Waals surface area contributed by atoms with Gasteiger partial charge in [-0.1, -0.05) is 6.07 Å². The Labute approximate surface area is 178 Å². The van der Waals surface area contributed by atoms with Crippen molar-refractivity contribution in [3.63, 3.8) is 0 Å². The van der Waals surface area contributed by atoms with Crippen LogP contribution >= 0.6 is 12.2 Å². The molecular formula is C19H21N5O4S2. The van der Waals surface area contributed by atoms with E-state index in [0.29, 0.717) is 28.0 Å². The average Bonchev–Trinajstić information content (AvgIpc) is 3.27. The van der Waals surface area contributed by atoms with Crippen molar-refractivity contribution in [2.75, 3.05) is 0 Å². The van der Waals surface area contributed by atoms with E-state index in [-0.39, 0.29) is 29.5 Å². The highest BCUT2D eigenvalue weighted by Gasteiger charge is 2.27. The van der Waals surface area contributed by atoms with E-state index in [4.69, 9.17) is 16.6 Å². The summed E-state index contributed by atoms with van der Waals surface area (Å²) in [6.45, 7) is 1.96. The van der Waals surface area contributed by atoms with E-state index in [1.165, 1.54) is 18.4 Å². The fourth-order valence-electron chi connectivity index (χ4n) is 3.10. The Balaban J connectivity index is 1.48. The lowest BCUT2D eigenvalue weighted by molar-refractivity contribution is 0.0948. The molecule has 2 heterocycles. The van der Waals surface area contributed by atoms with Crippen LogP contribution in [0.1, 0.15) is 46.4 Å². The Hall–Kier alpha value is -2.76. The minimum absolute atomic E-state index is 0.00506. The normalized spacial score (nSPS) is 14.0. The predicted molar refractivity (Wildman–Crippen MR) is 111 cm³/mol. The van der Waals surface area contributed by atoms with E-state index in [1.54, 1.807) is 25.1 Å². The summed E-state index contributed by atoms with van der Waals surface area (Å²) in [5, 5.41) is 9.75. The van der Waals surface area contributed by atoms with Crippen LogP contribution in [-0.2, 0) is 23.1 Å². The lowest BCUT2D eigenvalue weighted by Gasteiger charge is -2.11. The fourth-order valence-corrected chi connectivity index (χ4v) is 4.42. The summed E-state index contributed by atoms with van der Waals surface area (Å²) < 4.78 is 35.3. The molecule has 30 heavy (non-hydrogen) atoms. The van der Waals surface area contributed by atoms with Crippen molar-refractivity contribution in [1.82, 2.24) is 24.8 Å². The van der Waals surface area contributed by atoms with E-state index in [0.717, 1.165) is 12.8 Å². The summed E-state index contributed by atoms with van der Waals surface area (Å²) in [6.07, 6.45) is 3.55. The first-order valence-corrected chi connectivity index (χ1v) is 11.3. The molecule has 3 N–H and O–H groups in total. The molecule has 1 aliphatic carbocycles. The number of nitrogens with one attached hydrogen (secondary N) is 3. The first-order chi connectivity index (χ1) is 14.3. The molecule has 1 aromatic carbocycles. The molecular weight excluding hydrogens is 426 g/mol. The Morgan fingerprint density at radius 3 is 2.83 bits per heavy atom. The highest BCUT2D eigenvalue weighted by molar-refractivity contribution is 7.89. The summed E-state index contributed by atoms with van der Waals surface area (Å²) in [5.41, 5.74) is 0.946. The molecule has 1 aliphatic rings. The van der Waals surface area contributed by atoms with E-state index < -0.39 is 10.0 Å². The van der Waals surface area contributed by atoms with Crippen molar-refractivity contribution >= 4 is 28.1 Å². The smallest absolute Gasteiger partial charge is 0.251 e. The number of hydrogen-bond donors (Lipinski definition) is 3. The maximum atomic E-state index is 12.8. The second-order valence-corrected chi connectivity index (χ2v) is 9.26.